The molecular formula is C18H22N4O2. The second-order valence-corrected chi connectivity index (χ2v) is 6.56. The molecule has 6 nitrogen and oxygen atoms in total. The first-order valence-corrected chi connectivity index (χ1v) is 8.64. The molecule has 6 heteroatoms. The van der Waals surface area contributed by atoms with Crippen molar-refractivity contribution in [3.05, 3.63) is 41.5 Å². The molecule has 1 saturated heterocycles. The van der Waals surface area contributed by atoms with Gasteiger partial charge >= 0.3 is 0 Å². The van der Waals surface area contributed by atoms with E-state index in [0.717, 1.165) is 37.5 Å². The van der Waals surface area contributed by atoms with Gasteiger partial charge in [-0.3, -0.25) is 9.89 Å². The Morgan fingerprint density at radius 2 is 2.08 bits per heavy atom. The van der Waals surface area contributed by atoms with Gasteiger partial charge in [0.1, 0.15) is 11.6 Å². The largest absolute Gasteiger partial charge is 0.496 e. The van der Waals surface area contributed by atoms with Gasteiger partial charge in [0, 0.05) is 12.5 Å². The van der Waals surface area contributed by atoms with Gasteiger partial charge in [0.2, 0.25) is 0 Å². The van der Waals surface area contributed by atoms with Crippen LogP contribution in [0.2, 0.25) is 0 Å². The molecule has 2 aromatic rings. The highest BCUT2D eigenvalue weighted by Crippen LogP contribution is 2.39. The Labute approximate surface area is 141 Å². The van der Waals surface area contributed by atoms with E-state index in [1.54, 1.807) is 7.11 Å². The van der Waals surface area contributed by atoms with E-state index in [1.165, 1.54) is 12.8 Å². The van der Waals surface area contributed by atoms with Crippen molar-refractivity contribution in [2.24, 2.45) is 0 Å². The number of nitrogens with one attached hydrogen (secondary N) is 1. The van der Waals surface area contributed by atoms with Gasteiger partial charge in [-0.05, 0) is 44.2 Å². The number of amides is 1. The third-order valence-electron chi connectivity index (χ3n) is 4.88. The first kappa shape index (κ1) is 15.2. The lowest BCUT2D eigenvalue weighted by atomic mass is 10.00. The topological polar surface area (TPSA) is 71.1 Å². The zero-order valence-corrected chi connectivity index (χ0v) is 13.9. The normalized spacial score (nSPS) is 20.9. The lowest BCUT2D eigenvalue weighted by molar-refractivity contribution is 0.0597. The molecule has 1 unspecified atom stereocenters. The molecular weight excluding hydrogens is 304 g/mol. The molecule has 4 rings (SSSR count). The van der Waals surface area contributed by atoms with Crippen LogP contribution in [-0.4, -0.2) is 39.6 Å². The number of carbonyl (C=O) groups excluding carboxylic acids is 1. The summed E-state index contributed by atoms with van der Waals surface area (Å²) in [5, 5.41) is 7.43. The summed E-state index contributed by atoms with van der Waals surface area (Å²) in [7, 11) is 1.60. The van der Waals surface area contributed by atoms with Crippen LogP contribution in [0.25, 0.3) is 0 Å². The monoisotopic (exact) mass is 326 g/mol. The van der Waals surface area contributed by atoms with Crippen molar-refractivity contribution in [1.29, 1.82) is 0 Å². The van der Waals surface area contributed by atoms with Crippen LogP contribution in [-0.2, 0) is 0 Å². The van der Waals surface area contributed by atoms with E-state index in [1.807, 2.05) is 29.2 Å². The van der Waals surface area contributed by atoms with Gasteiger partial charge in [0.15, 0.2) is 5.82 Å². The van der Waals surface area contributed by atoms with Gasteiger partial charge in [0.05, 0.1) is 18.7 Å². The molecule has 2 fully saturated rings. The Bertz CT molecular complexity index is 738. The average Bonchev–Trinajstić information content (AvgIpc) is 3.38. The number of methoxy groups -OCH3 is 1. The smallest absolute Gasteiger partial charge is 0.258 e. The minimum absolute atomic E-state index is 0.00141. The predicted octanol–water partition coefficient (Wildman–Crippen LogP) is 3.06. The molecule has 1 amide bonds. The van der Waals surface area contributed by atoms with Crippen LogP contribution < -0.4 is 4.74 Å². The number of carbonyl (C=O) groups is 1. The number of para-hydroxylation sites is 1. The Balaban J connectivity index is 1.62. The molecule has 2 heterocycles. The van der Waals surface area contributed by atoms with Gasteiger partial charge in [0.25, 0.3) is 5.91 Å². The Morgan fingerprint density at radius 1 is 1.25 bits per heavy atom. The van der Waals surface area contributed by atoms with Crippen molar-refractivity contribution in [1.82, 2.24) is 20.1 Å². The second-order valence-electron chi connectivity index (χ2n) is 6.56. The Morgan fingerprint density at radius 3 is 2.88 bits per heavy atom. The minimum Gasteiger partial charge on any atom is -0.496 e. The molecule has 126 valence electrons. The molecule has 0 bridgehead atoms. The molecule has 24 heavy (non-hydrogen) atoms. The molecule has 1 aliphatic carbocycles. The van der Waals surface area contributed by atoms with Gasteiger partial charge in [-0.2, -0.15) is 5.10 Å². The highest BCUT2D eigenvalue weighted by Gasteiger charge is 2.34. The molecule has 1 saturated carbocycles. The number of H-pyrrole nitrogens is 1. The molecule has 1 atom stereocenters. The number of aromatic amines is 1. The third kappa shape index (κ3) is 2.77. The van der Waals surface area contributed by atoms with Crippen LogP contribution in [0.4, 0.5) is 0 Å². The highest BCUT2D eigenvalue weighted by atomic mass is 16.5. The van der Waals surface area contributed by atoms with E-state index in [-0.39, 0.29) is 11.9 Å². The summed E-state index contributed by atoms with van der Waals surface area (Å²) in [5.74, 6) is 2.85. The quantitative estimate of drug-likeness (QED) is 0.937. The molecule has 0 spiro atoms. The first-order chi connectivity index (χ1) is 11.8. The third-order valence-corrected chi connectivity index (χ3v) is 4.88. The zero-order valence-electron chi connectivity index (χ0n) is 13.9. The molecule has 1 N–H and O–H groups in total. The fraction of sp³-hybridized carbons (Fsp3) is 0.500. The molecule has 1 aliphatic heterocycles. The second kappa shape index (κ2) is 6.26. The fourth-order valence-corrected chi connectivity index (χ4v) is 3.40. The van der Waals surface area contributed by atoms with E-state index < -0.39 is 0 Å². The van der Waals surface area contributed by atoms with E-state index in [4.69, 9.17) is 4.74 Å². The highest BCUT2D eigenvalue weighted by molar-refractivity contribution is 5.97. The van der Waals surface area contributed by atoms with E-state index in [0.29, 0.717) is 17.2 Å². The maximum atomic E-state index is 13.1. The van der Waals surface area contributed by atoms with Crippen molar-refractivity contribution in [3.63, 3.8) is 0 Å². The molecule has 1 aromatic heterocycles. The van der Waals surface area contributed by atoms with E-state index in [2.05, 4.69) is 15.2 Å². The van der Waals surface area contributed by atoms with Crippen LogP contribution in [0.5, 0.6) is 5.75 Å². The number of rotatable bonds is 4. The Hall–Kier alpha value is -2.37. The number of benzene rings is 1. The summed E-state index contributed by atoms with van der Waals surface area (Å²) in [5.41, 5.74) is 0.605. The summed E-state index contributed by atoms with van der Waals surface area (Å²) in [4.78, 5) is 19.7. The molecule has 0 radical (unpaired) electrons. The van der Waals surface area contributed by atoms with Crippen LogP contribution in [0, 0.1) is 0 Å². The molecule has 2 aliphatic rings. The average molecular weight is 326 g/mol. The number of piperidine rings is 1. The Kier molecular flexibility index (Phi) is 3.96. The van der Waals surface area contributed by atoms with Crippen LogP contribution in [0.1, 0.15) is 66.1 Å². The summed E-state index contributed by atoms with van der Waals surface area (Å²) < 4.78 is 5.36. The van der Waals surface area contributed by atoms with Gasteiger partial charge in [-0.25, -0.2) is 4.98 Å². The number of hydrogen-bond donors (Lipinski definition) is 1. The predicted molar refractivity (Wildman–Crippen MR) is 89.0 cm³/mol. The van der Waals surface area contributed by atoms with Crippen molar-refractivity contribution in [2.75, 3.05) is 13.7 Å². The number of nitrogens with zero attached hydrogens (tertiary/aromatic N) is 3. The van der Waals surface area contributed by atoms with Gasteiger partial charge < -0.3 is 9.64 Å². The maximum absolute atomic E-state index is 13.1. The zero-order chi connectivity index (χ0) is 16.5. The number of aromatic nitrogens is 3. The van der Waals surface area contributed by atoms with Crippen LogP contribution in [0.3, 0.4) is 0 Å². The standard InChI is InChI=1S/C18H22N4O2/c1-24-15-8-3-2-6-13(15)18(23)22-11-5-4-7-14(22)17-19-16(20-21-17)12-9-10-12/h2-3,6,8,12,14H,4-5,7,9-11H2,1H3,(H,19,20,21). The summed E-state index contributed by atoms with van der Waals surface area (Å²) in [6.45, 7) is 0.737. The van der Waals surface area contributed by atoms with Crippen LogP contribution in [0.15, 0.2) is 24.3 Å². The van der Waals surface area contributed by atoms with Gasteiger partial charge in [-0.1, -0.05) is 12.1 Å². The summed E-state index contributed by atoms with van der Waals surface area (Å²) in [6, 6.07) is 7.36. The lowest BCUT2D eigenvalue weighted by Gasteiger charge is -2.34. The van der Waals surface area contributed by atoms with Crippen LogP contribution >= 0.6 is 0 Å². The van der Waals surface area contributed by atoms with Crippen molar-refractivity contribution < 1.29 is 9.53 Å². The lowest BCUT2D eigenvalue weighted by Crippen LogP contribution is -2.39. The summed E-state index contributed by atoms with van der Waals surface area (Å²) >= 11 is 0. The van der Waals surface area contributed by atoms with Crippen molar-refractivity contribution in [3.8, 4) is 5.75 Å². The summed E-state index contributed by atoms with van der Waals surface area (Å²) in [6.07, 6.45) is 5.37. The SMILES string of the molecule is COc1ccccc1C(=O)N1CCCCC1c1nc(C2CC2)n[nH]1. The maximum Gasteiger partial charge on any atom is 0.258 e. The van der Waals surface area contributed by atoms with Crippen molar-refractivity contribution >= 4 is 5.91 Å². The number of likely N-dealkylation sites (tertiary alicyclic amines) is 1. The van der Waals surface area contributed by atoms with Crippen molar-refractivity contribution in [2.45, 2.75) is 44.1 Å². The van der Waals surface area contributed by atoms with E-state index in [9.17, 15) is 4.79 Å². The first-order valence-electron chi connectivity index (χ1n) is 8.64. The molecule has 1 aromatic carbocycles. The number of ether oxygens (including phenoxy) is 1. The number of hydrogen-bond acceptors (Lipinski definition) is 4. The van der Waals surface area contributed by atoms with E-state index >= 15 is 0 Å². The van der Waals surface area contributed by atoms with Gasteiger partial charge in [-0.15, -0.1) is 0 Å². The fourth-order valence-electron chi connectivity index (χ4n) is 3.40. The minimum atomic E-state index is -0.0313.